The number of carbonyl (C=O) groups excluding carboxylic acids is 2. The number of aromatic amines is 1. The van der Waals surface area contributed by atoms with Gasteiger partial charge < -0.3 is 9.88 Å². The Morgan fingerprint density at radius 2 is 2.00 bits per heavy atom. The van der Waals surface area contributed by atoms with Crippen LogP contribution in [0, 0.1) is 6.92 Å². The summed E-state index contributed by atoms with van der Waals surface area (Å²) in [6, 6.07) is 5.83. The molecule has 21 heavy (non-hydrogen) atoms. The topological polar surface area (TPSA) is 53.2 Å². The van der Waals surface area contributed by atoms with Crippen molar-refractivity contribution in [1.82, 2.24) is 9.88 Å². The van der Waals surface area contributed by atoms with Gasteiger partial charge in [0.1, 0.15) is 0 Å². The predicted molar refractivity (Wildman–Crippen MR) is 82.1 cm³/mol. The first kappa shape index (κ1) is 13.9. The first-order valence-electron chi connectivity index (χ1n) is 7.30. The maximum Gasteiger partial charge on any atom is 0.220 e. The first-order chi connectivity index (χ1) is 9.90. The van der Waals surface area contributed by atoms with Gasteiger partial charge >= 0.3 is 0 Å². The van der Waals surface area contributed by atoms with Gasteiger partial charge in [-0.3, -0.25) is 9.59 Å². The highest BCUT2D eigenvalue weighted by molar-refractivity contribution is 5.91. The van der Waals surface area contributed by atoms with E-state index in [0.29, 0.717) is 6.42 Å². The number of aryl methyl sites for hydroxylation is 1. The van der Waals surface area contributed by atoms with Crippen LogP contribution in [-0.2, 0) is 16.0 Å². The van der Waals surface area contributed by atoms with E-state index < -0.39 is 0 Å². The number of H-pyrrole nitrogens is 1. The Morgan fingerprint density at radius 3 is 2.62 bits per heavy atom. The van der Waals surface area contributed by atoms with Crippen LogP contribution in [0.4, 0.5) is 0 Å². The summed E-state index contributed by atoms with van der Waals surface area (Å²) in [6.45, 7) is 7.15. The number of fused-ring (bicyclic) bond motifs is 3. The molecule has 3 rings (SSSR count). The van der Waals surface area contributed by atoms with Crippen LogP contribution in [0.5, 0.6) is 0 Å². The average Bonchev–Trinajstić information content (AvgIpc) is 2.76. The number of hydrogen-bond acceptors (Lipinski definition) is 2. The number of aromatic nitrogens is 1. The number of carbonyl (C=O) groups is 2. The summed E-state index contributed by atoms with van der Waals surface area (Å²) < 4.78 is 0. The van der Waals surface area contributed by atoms with Crippen molar-refractivity contribution < 1.29 is 9.59 Å². The third kappa shape index (κ3) is 2.06. The van der Waals surface area contributed by atoms with Crippen molar-refractivity contribution in [3.8, 4) is 0 Å². The summed E-state index contributed by atoms with van der Waals surface area (Å²) in [5.74, 6) is -0.00658. The highest BCUT2D eigenvalue weighted by Gasteiger charge is 2.37. The van der Waals surface area contributed by atoms with E-state index in [1.54, 1.807) is 11.8 Å². The fourth-order valence-electron chi connectivity index (χ4n) is 3.49. The lowest BCUT2D eigenvalue weighted by Gasteiger charge is -2.38. The van der Waals surface area contributed by atoms with Crippen LogP contribution in [-0.4, -0.2) is 27.6 Å². The molecule has 0 spiro atoms. The number of benzene rings is 1. The molecule has 0 aliphatic carbocycles. The molecule has 0 radical (unpaired) electrons. The molecule has 1 N–H and O–H groups in total. The zero-order valence-corrected chi connectivity index (χ0v) is 12.9. The molecule has 1 aliphatic heterocycles. The lowest BCUT2D eigenvalue weighted by molar-refractivity contribution is -0.140. The number of ketones is 1. The summed E-state index contributed by atoms with van der Waals surface area (Å²) in [5, 5.41) is 1.17. The van der Waals surface area contributed by atoms with Crippen molar-refractivity contribution in [2.45, 2.75) is 46.2 Å². The molecule has 4 nitrogen and oxygen atoms in total. The van der Waals surface area contributed by atoms with Crippen LogP contribution in [0.3, 0.4) is 0 Å². The van der Waals surface area contributed by atoms with Crippen molar-refractivity contribution in [3.63, 3.8) is 0 Å². The van der Waals surface area contributed by atoms with Crippen LogP contribution in [0.1, 0.15) is 43.6 Å². The molecule has 1 aromatic carbocycles. The smallest absolute Gasteiger partial charge is 0.220 e. The zero-order valence-electron chi connectivity index (χ0n) is 12.9. The quantitative estimate of drug-likeness (QED) is 0.875. The summed E-state index contributed by atoms with van der Waals surface area (Å²) in [4.78, 5) is 29.1. The van der Waals surface area contributed by atoms with Crippen molar-refractivity contribution in [2.24, 2.45) is 0 Å². The summed E-state index contributed by atoms with van der Waals surface area (Å²) >= 11 is 0. The fraction of sp³-hybridized carbons (Fsp3) is 0.412. The lowest BCUT2D eigenvalue weighted by atomic mass is 9.90. The second-order valence-electron chi connectivity index (χ2n) is 6.00. The Morgan fingerprint density at radius 1 is 1.29 bits per heavy atom. The van der Waals surface area contributed by atoms with Gasteiger partial charge in [-0.05, 0) is 38.5 Å². The minimum absolute atomic E-state index is 0.0460. The molecule has 0 saturated heterocycles. The standard InChI is InChI=1S/C17H20N2O2/c1-9-5-6-15-13(7-9)14-8-16(11(3)20)19(12(4)21)10(2)17(14)18-15/h5-7,10,16,18H,8H2,1-4H3. The Kier molecular flexibility index (Phi) is 3.12. The number of Topliss-reactive ketones (excluding diaryl/α,β-unsaturated/α-hetero) is 1. The molecule has 0 bridgehead atoms. The van der Waals surface area contributed by atoms with Crippen molar-refractivity contribution >= 4 is 22.6 Å². The van der Waals surface area contributed by atoms with Gasteiger partial charge in [-0.1, -0.05) is 11.6 Å². The van der Waals surface area contributed by atoms with Gasteiger partial charge in [0.15, 0.2) is 5.78 Å². The Balaban J connectivity index is 2.21. The number of amides is 1. The first-order valence-corrected chi connectivity index (χ1v) is 7.30. The molecular formula is C17H20N2O2. The average molecular weight is 284 g/mol. The van der Waals surface area contributed by atoms with Gasteiger partial charge in [0, 0.05) is 29.9 Å². The van der Waals surface area contributed by atoms with E-state index in [1.165, 1.54) is 23.4 Å². The van der Waals surface area contributed by atoms with Crippen molar-refractivity contribution in [3.05, 3.63) is 35.0 Å². The highest BCUT2D eigenvalue weighted by atomic mass is 16.2. The van der Waals surface area contributed by atoms with Gasteiger partial charge in [0.2, 0.25) is 5.91 Å². The maximum absolute atomic E-state index is 12.0. The van der Waals surface area contributed by atoms with Crippen LogP contribution in [0.25, 0.3) is 10.9 Å². The Labute approximate surface area is 124 Å². The number of nitrogens with zero attached hydrogens (tertiary/aromatic N) is 1. The van der Waals surface area contributed by atoms with Crippen molar-refractivity contribution in [2.75, 3.05) is 0 Å². The normalized spacial score (nSPS) is 21.4. The molecule has 2 heterocycles. The van der Waals surface area contributed by atoms with Gasteiger partial charge in [0.05, 0.1) is 12.1 Å². The SMILES string of the molecule is CC(=O)C1Cc2c([nH]c3ccc(C)cc23)C(C)N1C(C)=O. The molecule has 0 fully saturated rings. The van der Waals surface area contributed by atoms with Crippen LogP contribution >= 0.6 is 0 Å². The molecule has 1 aliphatic rings. The molecule has 110 valence electrons. The van der Waals surface area contributed by atoms with Crippen molar-refractivity contribution in [1.29, 1.82) is 0 Å². The van der Waals surface area contributed by atoms with Crippen LogP contribution in [0.15, 0.2) is 18.2 Å². The Bertz CT molecular complexity index is 745. The molecule has 2 unspecified atom stereocenters. The molecular weight excluding hydrogens is 264 g/mol. The predicted octanol–water partition coefficient (Wildman–Crippen LogP) is 2.90. The van der Waals surface area contributed by atoms with E-state index in [1.807, 2.05) is 6.92 Å². The summed E-state index contributed by atoms with van der Waals surface area (Å²) in [6.07, 6.45) is 0.595. The molecule has 1 amide bonds. The minimum Gasteiger partial charge on any atom is -0.356 e. The third-order valence-electron chi connectivity index (χ3n) is 4.50. The van der Waals surface area contributed by atoms with E-state index in [2.05, 4.69) is 30.1 Å². The second-order valence-corrected chi connectivity index (χ2v) is 6.00. The van der Waals surface area contributed by atoms with E-state index in [0.717, 1.165) is 11.2 Å². The zero-order chi connectivity index (χ0) is 15.3. The van der Waals surface area contributed by atoms with Gasteiger partial charge in [0.25, 0.3) is 0 Å². The highest BCUT2D eigenvalue weighted by Crippen LogP contribution is 2.37. The molecule has 2 aromatic rings. The molecule has 1 aromatic heterocycles. The van der Waals surface area contributed by atoms with E-state index in [-0.39, 0.29) is 23.8 Å². The van der Waals surface area contributed by atoms with Gasteiger partial charge in [-0.2, -0.15) is 0 Å². The maximum atomic E-state index is 12.0. The van der Waals surface area contributed by atoms with E-state index in [9.17, 15) is 9.59 Å². The number of hydrogen-bond donors (Lipinski definition) is 1. The monoisotopic (exact) mass is 284 g/mol. The van der Waals surface area contributed by atoms with E-state index in [4.69, 9.17) is 0 Å². The second kappa shape index (κ2) is 4.72. The molecule has 4 heteroatoms. The van der Waals surface area contributed by atoms with Crippen LogP contribution in [0.2, 0.25) is 0 Å². The number of rotatable bonds is 1. The van der Waals surface area contributed by atoms with E-state index >= 15 is 0 Å². The fourth-order valence-corrected chi connectivity index (χ4v) is 3.49. The number of nitrogens with one attached hydrogen (secondary N) is 1. The third-order valence-corrected chi connectivity index (χ3v) is 4.50. The lowest BCUT2D eigenvalue weighted by Crippen LogP contribution is -2.48. The summed E-state index contributed by atoms with van der Waals surface area (Å²) in [5.41, 5.74) is 4.51. The summed E-state index contributed by atoms with van der Waals surface area (Å²) in [7, 11) is 0. The van der Waals surface area contributed by atoms with Gasteiger partial charge in [-0.15, -0.1) is 0 Å². The molecule has 0 saturated carbocycles. The molecule has 2 atom stereocenters. The minimum atomic E-state index is -0.357. The largest absolute Gasteiger partial charge is 0.356 e. The Hall–Kier alpha value is -2.10. The van der Waals surface area contributed by atoms with Crippen LogP contribution < -0.4 is 0 Å². The van der Waals surface area contributed by atoms with Gasteiger partial charge in [-0.25, -0.2) is 0 Å².